The number of hydrogen-bond donors (Lipinski definition) is 2. The number of pyridine rings is 1. The van der Waals surface area contributed by atoms with Gasteiger partial charge in [-0.2, -0.15) is 0 Å². The van der Waals surface area contributed by atoms with Crippen LogP contribution in [0.15, 0.2) is 22.9 Å². The van der Waals surface area contributed by atoms with E-state index in [9.17, 15) is 0 Å². The van der Waals surface area contributed by atoms with E-state index < -0.39 is 0 Å². The van der Waals surface area contributed by atoms with Crippen molar-refractivity contribution in [2.75, 3.05) is 13.1 Å². The standard InChI is InChI=1S/C10H14BrN3/c11-10-5-8(1-4-13-10)6-14-9-2-3-12-7-9/h1,4-5,9,12,14H,2-3,6-7H2/t9-/m1/s1. The van der Waals surface area contributed by atoms with Gasteiger partial charge >= 0.3 is 0 Å². The quantitative estimate of drug-likeness (QED) is 0.800. The highest BCUT2D eigenvalue weighted by atomic mass is 79.9. The molecule has 76 valence electrons. The van der Waals surface area contributed by atoms with E-state index in [1.807, 2.05) is 12.3 Å². The van der Waals surface area contributed by atoms with Crippen LogP contribution < -0.4 is 10.6 Å². The zero-order chi connectivity index (χ0) is 9.80. The number of aromatic nitrogens is 1. The summed E-state index contributed by atoms with van der Waals surface area (Å²) < 4.78 is 0.904. The predicted octanol–water partition coefficient (Wildman–Crippen LogP) is 1.30. The summed E-state index contributed by atoms with van der Waals surface area (Å²) in [4.78, 5) is 4.10. The van der Waals surface area contributed by atoms with E-state index in [-0.39, 0.29) is 0 Å². The van der Waals surface area contributed by atoms with Gasteiger partial charge in [0.2, 0.25) is 0 Å². The second kappa shape index (κ2) is 4.87. The second-order valence-corrected chi connectivity index (χ2v) is 4.37. The van der Waals surface area contributed by atoms with E-state index >= 15 is 0 Å². The second-order valence-electron chi connectivity index (χ2n) is 3.56. The van der Waals surface area contributed by atoms with Gasteiger partial charge in [-0.25, -0.2) is 4.98 Å². The fourth-order valence-electron chi connectivity index (χ4n) is 1.64. The molecule has 2 heterocycles. The molecule has 0 radical (unpaired) electrons. The Morgan fingerprint density at radius 3 is 3.29 bits per heavy atom. The van der Waals surface area contributed by atoms with Crippen LogP contribution in [0.25, 0.3) is 0 Å². The molecule has 0 unspecified atom stereocenters. The number of nitrogens with one attached hydrogen (secondary N) is 2. The molecule has 3 nitrogen and oxygen atoms in total. The first-order valence-corrected chi connectivity index (χ1v) is 5.68. The van der Waals surface area contributed by atoms with Crippen molar-refractivity contribution < 1.29 is 0 Å². The van der Waals surface area contributed by atoms with Crippen molar-refractivity contribution in [3.8, 4) is 0 Å². The van der Waals surface area contributed by atoms with Crippen molar-refractivity contribution in [3.05, 3.63) is 28.5 Å². The summed E-state index contributed by atoms with van der Waals surface area (Å²) in [6.07, 6.45) is 3.06. The first-order chi connectivity index (χ1) is 6.84. The van der Waals surface area contributed by atoms with Crippen LogP contribution in [0.2, 0.25) is 0 Å². The zero-order valence-corrected chi connectivity index (χ0v) is 9.55. The first-order valence-electron chi connectivity index (χ1n) is 4.89. The molecule has 0 spiro atoms. The van der Waals surface area contributed by atoms with Crippen molar-refractivity contribution in [2.24, 2.45) is 0 Å². The first kappa shape index (κ1) is 10.1. The van der Waals surface area contributed by atoms with Gasteiger partial charge < -0.3 is 10.6 Å². The molecule has 1 saturated heterocycles. The molecular weight excluding hydrogens is 242 g/mol. The average molecular weight is 256 g/mol. The van der Waals surface area contributed by atoms with Crippen molar-refractivity contribution in [3.63, 3.8) is 0 Å². The number of rotatable bonds is 3. The molecule has 2 N–H and O–H groups in total. The Bertz CT molecular complexity index is 297. The van der Waals surface area contributed by atoms with Crippen molar-refractivity contribution in [1.29, 1.82) is 0 Å². The Kier molecular flexibility index (Phi) is 3.50. The van der Waals surface area contributed by atoms with Crippen LogP contribution in [0.4, 0.5) is 0 Å². The van der Waals surface area contributed by atoms with Gasteiger partial charge in [0.15, 0.2) is 0 Å². The molecule has 1 aromatic heterocycles. The lowest BCUT2D eigenvalue weighted by molar-refractivity contribution is 0.547. The van der Waals surface area contributed by atoms with Gasteiger partial charge in [-0.3, -0.25) is 0 Å². The van der Waals surface area contributed by atoms with Crippen LogP contribution in [0, 0.1) is 0 Å². The predicted molar refractivity (Wildman–Crippen MR) is 60.1 cm³/mol. The SMILES string of the molecule is Brc1cc(CN[C@@H]2CCNC2)ccn1. The van der Waals surface area contributed by atoms with Crippen LogP contribution in [-0.2, 0) is 6.54 Å². The monoisotopic (exact) mass is 255 g/mol. The molecule has 2 rings (SSSR count). The van der Waals surface area contributed by atoms with Gasteiger partial charge in [-0.05, 0) is 46.6 Å². The molecule has 1 aliphatic rings. The van der Waals surface area contributed by atoms with E-state index in [0.29, 0.717) is 6.04 Å². The lowest BCUT2D eigenvalue weighted by Crippen LogP contribution is -2.30. The molecule has 1 aromatic rings. The summed E-state index contributed by atoms with van der Waals surface area (Å²) in [7, 11) is 0. The van der Waals surface area contributed by atoms with Crippen LogP contribution in [0.3, 0.4) is 0 Å². The summed E-state index contributed by atoms with van der Waals surface area (Å²) in [6, 6.07) is 4.72. The van der Waals surface area contributed by atoms with E-state index in [0.717, 1.165) is 24.2 Å². The third kappa shape index (κ3) is 2.77. The fraction of sp³-hybridized carbons (Fsp3) is 0.500. The molecule has 0 aromatic carbocycles. The number of halogens is 1. The molecule has 4 heteroatoms. The highest BCUT2D eigenvalue weighted by molar-refractivity contribution is 9.10. The molecule has 0 aliphatic carbocycles. The third-order valence-electron chi connectivity index (χ3n) is 2.45. The Balaban J connectivity index is 1.85. The topological polar surface area (TPSA) is 37.0 Å². The van der Waals surface area contributed by atoms with E-state index in [2.05, 4.69) is 37.6 Å². The molecule has 14 heavy (non-hydrogen) atoms. The maximum absolute atomic E-state index is 4.10. The Labute approximate surface area is 92.4 Å². The van der Waals surface area contributed by atoms with Crippen molar-refractivity contribution in [2.45, 2.75) is 19.0 Å². The fourth-order valence-corrected chi connectivity index (χ4v) is 2.06. The van der Waals surface area contributed by atoms with Gasteiger partial charge in [0.25, 0.3) is 0 Å². The van der Waals surface area contributed by atoms with Gasteiger partial charge in [0, 0.05) is 25.3 Å². The minimum atomic E-state index is 0.627. The van der Waals surface area contributed by atoms with Crippen LogP contribution in [0.1, 0.15) is 12.0 Å². The minimum absolute atomic E-state index is 0.627. The van der Waals surface area contributed by atoms with Crippen LogP contribution in [0.5, 0.6) is 0 Å². The van der Waals surface area contributed by atoms with E-state index in [1.54, 1.807) is 0 Å². The molecular formula is C10H14BrN3. The lowest BCUT2D eigenvalue weighted by atomic mass is 10.2. The number of nitrogens with zero attached hydrogens (tertiary/aromatic N) is 1. The van der Waals surface area contributed by atoms with Gasteiger partial charge in [0.05, 0.1) is 0 Å². The molecule has 0 bridgehead atoms. The third-order valence-corrected chi connectivity index (χ3v) is 2.88. The van der Waals surface area contributed by atoms with Gasteiger partial charge in [-0.15, -0.1) is 0 Å². The Hall–Kier alpha value is -0.450. The van der Waals surface area contributed by atoms with Crippen LogP contribution in [-0.4, -0.2) is 24.1 Å². The Morgan fingerprint density at radius 2 is 2.57 bits per heavy atom. The molecule has 1 aliphatic heterocycles. The van der Waals surface area contributed by atoms with E-state index in [1.165, 1.54) is 12.0 Å². The normalized spacial score (nSPS) is 21.4. The van der Waals surface area contributed by atoms with Crippen molar-refractivity contribution in [1.82, 2.24) is 15.6 Å². The Morgan fingerprint density at radius 1 is 1.64 bits per heavy atom. The molecule has 0 saturated carbocycles. The largest absolute Gasteiger partial charge is 0.315 e. The highest BCUT2D eigenvalue weighted by Crippen LogP contribution is 2.08. The molecule has 0 amide bonds. The van der Waals surface area contributed by atoms with Gasteiger partial charge in [-0.1, -0.05) is 0 Å². The van der Waals surface area contributed by atoms with Crippen LogP contribution >= 0.6 is 15.9 Å². The summed E-state index contributed by atoms with van der Waals surface area (Å²) in [5.74, 6) is 0. The lowest BCUT2D eigenvalue weighted by Gasteiger charge is -2.10. The summed E-state index contributed by atoms with van der Waals surface area (Å²) in [5, 5.41) is 6.85. The van der Waals surface area contributed by atoms with Gasteiger partial charge in [0.1, 0.15) is 4.60 Å². The highest BCUT2D eigenvalue weighted by Gasteiger charge is 2.12. The average Bonchev–Trinajstić information content (AvgIpc) is 2.67. The summed E-state index contributed by atoms with van der Waals surface area (Å²) in [5.41, 5.74) is 1.28. The number of hydrogen-bond acceptors (Lipinski definition) is 3. The maximum Gasteiger partial charge on any atom is 0.106 e. The summed E-state index contributed by atoms with van der Waals surface area (Å²) in [6.45, 7) is 3.15. The molecule has 1 atom stereocenters. The summed E-state index contributed by atoms with van der Waals surface area (Å²) >= 11 is 3.36. The zero-order valence-electron chi connectivity index (χ0n) is 7.96. The van der Waals surface area contributed by atoms with Crippen molar-refractivity contribution >= 4 is 15.9 Å². The molecule has 1 fully saturated rings. The van der Waals surface area contributed by atoms with E-state index in [4.69, 9.17) is 0 Å². The maximum atomic E-state index is 4.10. The smallest absolute Gasteiger partial charge is 0.106 e. The minimum Gasteiger partial charge on any atom is -0.315 e.